The van der Waals surface area contributed by atoms with Crippen LogP contribution in [0.4, 0.5) is 11.5 Å². The molecule has 5 nitrogen and oxygen atoms in total. The van der Waals surface area contributed by atoms with Gasteiger partial charge in [-0.3, -0.25) is 0 Å². The fraction of sp³-hybridized carbons (Fsp3) is 0.500. The first-order chi connectivity index (χ1) is 9.33. The van der Waals surface area contributed by atoms with Gasteiger partial charge < -0.3 is 15.8 Å². The summed E-state index contributed by atoms with van der Waals surface area (Å²) in [5.41, 5.74) is 7.57. The quantitative estimate of drug-likeness (QED) is 0.769. The van der Waals surface area contributed by atoms with Crippen molar-refractivity contribution in [2.75, 3.05) is 24.2 Å². The van der Waals surface area contributed by atoms with Crippen molar-refractivity contribution >= 4 is 22.4 Å². The largest absolute Gasteiger partial charge is 0.399 e. The van der Waals surface area contributed by atoms with Gasteiger partial charge in [-0.15, -0.1) is 0 Å². The van der Waals surface area contributed by atoms with Gasteiger partial charge in [-0.2, -0.15) is 5.10 Å². The summed E-state index contributed by atoms with van der Waals surface area (Å²) in [5, 5.41) is 9.35. The van der Waals surface area contributed by atoms with Crippen LogP contribution in [-0.4, -0.2) is 29.0 Å². The number of ether oxygens (including phenoxy) is 1. The molecule has 1 saturated heterocycles. The molecule has 1 fully saturated rings. The van der Waals surface area contributed by atoms with E-state index in [-0.39, 0.29) is 0 Å². The molecule has 2 atom stereocenters. The molecule has 1 aromatic heterocycles. The van der Waals surface area contributed by atoms with Crippen molar-refractivity contribution in [3.63, 3.8) is 0 Å². The molecule has 2 unspecified atom stereocenters. The van der Waals surface area contributed by atoms with Crippen LogP contribution in [0.25, 0.3) is 10.9 Å². The summed E-state index contributed by atoms with van der Waals surface area (Å²) in [6, 6.07) is 6.28. The molecule has 2 aliphatic rings. The normalized spacial score (nSPS) is 26.3. The number of nitrogens with two attached hydrogens (primary N) is 1. The molecule has 0 radical (unpaired) electrons. The third-order valence-electron chi connectivity index (χ3n) is 4.16. The summed E-state index contributed by atoms with van der Waals surface area (Å²) in [7, 11) is 0. The van der Waals surface area contributed by atoms with E-state index in [1.165, 1.54) is 0 Å². The van der Waals surface area contributed by atoms with E-state index in [4.69, 9.17) is 15.6 Å². The van der Waals surface area contributed by atoms with Gasteiger partial charge in [-0.1, -0.05) is 0 Å². The van der Waals surface area contributed by atoms with E-state index in [0.717, 1.165) is 54.8 Å². The minimum Gasteiger partial charge on any atom is -0.399 e. The third kappa shape index (κ3) is 1.69. The number of anilines is 2. The lowest BCUT2D eigenvalue weighted by Crippen LogP contribution is -2.31. The van der Waals surface area contributed by atoms with Crippen LogP contribution in [0.5, 0.6) is 0 Å². The van der Waals surface area contributed by atoms with Crippen molar-refractivity contribution in [1.82, 2.24) is 9.78 Å². The summed E-state index contributed by atoms with van der Waals surface area (Å²) in [6.45, 7) is 1.87. The van der Waals surface area contributed by atoms with Gasteiger partial charge in [0.25, 0.3) is 0 Å². The first-order valence-corrected chi connectivity index (χ1v) is 6.96. The number of hydrogen-bond donors (Lipinski definition) is 2. The van der Waals surface area contributed by atoms with E-state index in [1.54, 1.807) is 0 Å². The van der Waals surface area contributed by atoms with Gasteiger partial charge in [0, 0.05) is 24.2 Å². The van der Waals surface area contributed by atoms with Crippen LogP contribution >= 0.6 is 0 Å². The van der Waals surface area contributed by atoms with E-state index in [2.05, 4.69) is 10.00 Å². The fourth-order valence-electron chi connectivity index (χ4n) is 3.25. The first-order valence-electron chi connectivity index (χ1n) is 6.96. The first kappa shape index (κ1) is 11.1. The second kappa shape index (κ2) is 4.13. The van der Waals surface area contributed by atoms with E-state index in [9.17, 15) is 0 Å². The van der Waals surface area contributed by atoms with Gasteiger partial charge in [0.05, 0.1) is 17.7 Å². The highest BCUT2D eigenvalue weighted by Crippen LogP contribution is 2.36. The number of fused-ring (bicyclic) bond motifs is 3. The predicted octanol–water partition coefficient (Wildman–Crippen LogP) is 2.15. The van der Waals surface area contributed by atoms with Crippen LogP contribution in [0, 0.1) is 0 Å². The SMILES string of the molecule is Nc1ccc2c3n(nc2c1)C(C1CCCO1)CCN3. The molecule has 3 heterocycles. The molecule has 1 aromatic carbocycles. The Morgan fingerprint density at radius 1 is 1.37 bits per heavy atom. The van der Waals surface area contributed by atoms with Crippen molar-refractivity contribution in [2.24, 2.45) is 0 Å². The van der Waals surface area contributed by atoms with Crippen molar-refractivity contribution in [1.29, 1.82) is 0 Å². The molecule has 3 N–H and O–H groups in total. The minimum absolute atomic E-state index is 0.313. The maximum atomic E-state index is 5.86. The van der Waals surface area contributed by atoms with E-state index in [1.807, 2.05) is 18.2 Å². The molecule has 0 amide bonds. The lowest BCUT2D eigenvalue weighted by molar-refractivity contribution is 0.0594. The molecule has 2 aromatic rings. The standard InChI is InChI=1S/C14H18N4O/c15-9-3-4-10-11(8-9)17-18-12(5-6-16-14(10)18)13-2-1-7-19-13/h3-4,8,12-13,16H,1-2,5-7,15H2. The molecule has 5 heteroatoms. The Hall–Kier alpha value is -1.75. The fourth-order valence-corrected chi connectivity index (χ4v) is 3.25. The summed E-state index contributed by atoms with van der Waals surface area (Å²) in [5.74, 6) is 1.11. The lowest BCUT2D eigenvalue weighted by Gasteiger charge is -2.29. The molecule has 0 saturated carbocycles. The van der Waals surface area contributed by atoms with Crippen molar-refractivity contribution in [3.8, 4) is 0 Å². The highest BCUT2D eigenvalue weighted by molar-refractivity contribution is 5.92. The van der Waals surface area contributed by atoms with Crippen molar-refractivity contribution in [3.05, 3.63) is 18.2 Å². The highest BCUT2D eigenvalue weighted by atomic mass is 16.5. The topological polar surface area (TPSA) is 65.1 Å². The average molecular weight is 258 g/mol. The Balaban J connectivity index is 1.83. The molecule has 0 aliphatic carbocycles. The molecular weight excluding hydrogens is 240 g/mol. The van der Waals surface area contributed by atoms with Gasteiger partial charge in [0.1, 0.15) is 5.82 Å². The Labute approximate surface area is 111 Å². The second-order valence-electron chi connectivity index (χ2n) is 5.40. The molecule has 19 heavy (non-hydrogen) atoms. The number of aromatic nitrogens is 2. The average Bonchev–Trinajstić information content (AvgIpc) is 3.04. The molecule has 4 rings (SSSR count). The number of benzene rings is 1. The van der Waals surface area contributed by atoms with Crippen molar-refractivity contribution in [2.45, 2.75) is 31.4 Å². The van der Waals surface area contributed by atoms with Crippen LogP contribution in [0.15, 0.2) is 18.2 Å². The summed E-state index contributed by atoms with van der Waals surface area (Å²) in [6.07, 6.45) is 3.69. The predicted molar refractivity (Wildman–Crippen MR) is 75.3 cm³/mol. The second-order valence-corrected chi connectivity index (χ2v) is 5.40. The zero-order valence-electron chi connectivity index (χ0n) is 10.8. The van der Waals surface area contributed by atoms with Crippen LogP contribution in [0.1, 0.15) is 25.3 Å². The lowest BCUT2D eigenvalue weighted by atomic mass is 10.0. The molecule has 100 valence electrons. The highest BCUT2D eigenvalue weighted by Gasteiger charge is 2.32. The van der Waals surface area contributed by atoms with Crippen LogP contribution in [0.3, 0.4) is 0 Å². The maximum Gasteiger partial charge on any atom is 0.132 e. The van der Waals surface area contributed by atoms with Gasteiger partial charge in [-0.25, -0.2) is 4.68 Å². The Morgan fingerprint density at radius 2 is 2.32 bits per heavy atom. The zero-order valence-corrected chi connectivity index (χ0v) is 10.8. The van der Waals surface area contributed by atoms with E-state index in [0.29, 0.717) is 12.1 Å². The molecule has 0 bridgehead atoms. The van der Waals surface area contributed by atoms with Crippen LogP contribution < -0.4 is 11.1 Å². The zero-order chi connectivity index (χ0) is 12.8. The third-order valence-corrected chi connectivity index (χ3v) is 4.16. The molecular formula is C14H18N4O. The van der Waals surface area contributed by atoms with Crippen LogP contribution in [0.2, 0.25) is 0 Å². The maximum absolute atomic E-state index is 5.86. The summed E-state index contributed by atoms with van der Waals surface area (Å²) < 4.78 is 7.97. The number of rotatable bonds is 1. The smallest absolute Gasteiger partial charge is 0.132 e. The summed E-state index contributed by atoms with van der Waals surface area (Å²) >= 11 is 0. The molecule has 2 aliphatic heterocycles. The van der Waals surface area contributed by atoms with Gasteiger partial charge in [0.2, 0.25) is 0 Å². The number of nitrogens with zero attached hydrogens (tertiary/aromatic N) is 2. The van der Waals surface area contributed by atoms with E-state index >= 15 is 0 Å². The summed E-state index contributed by atoms with van der Waals surface area (Å²) in [4.78, 5) is 0. The Kier molecular flexibility index (Phi) is 2.41. The number of hydrogen-bond acceptors (Lipinski definition) is 4. The van der Waals surface area contributed by atoms with Crippen molar-refractivity contribution < 1.29 is 4.74 Å². The number of nitrogen functional groups attached to an aromatic ring is 1. The van der Waals surface area contributed by atoms with Gasteiger partial charge >= 0.3 is 0 Å². The van der Waals surface area contributed by atoms with Gasteiger partial charge in [0.15, 0.2) is 0 Å². The Morgan fingerprint density at radius 3 is 3.16 bits per heavy atom. The number of nitrogens with one attached hydrogen (secondary N) is 1. The van der Waals surface area contributed by atoms with Gasteiger partial charge in [-0.05, 0) is 37.5 Å². The van der Waals surface area contributed by atoms with Crippen LogP contribution in [-0.2, 0) is 4.74 Å². The molecule has 0 spiro atoms. The monoisotopic (exact) mass is 258 g/mol. The minimum atomic E-state index is 0.313. The Bertz CT molecular complexity index is 615. The van der Waals surface area contributed by atoms with E-state index < -0.39 is 0 Å².